The van der Waals surface area contributed by atoms with Gasteiger partial charge in [0.15, 0.2) is 0 Å². The third kappa shape index (κ3) is 2.19. The zero-order valence-corrected chi connectivity index (χ0v) is 9.95. The number of nitrogens with one attached hydrogen (secondary N) is 1. The average Bonchev–Trinajstić information content (AvgIpc) is 2.40. The molecule has 0 radical (unpaired) electrons. The molecule has 0 fully saturated rings. The summed E-state index contributed by atoms with van der Waals surface area (Å²) in [4.78, 5) is 0. The van der Waals surface area contributed by atoms with E-state index < -0.39 is 0 Å². The van der Waals surface area contributed by atoms with Crippen molar-refractivity contribution in [3.8, 4) is 0 Å². The van der Waals surface area contributed by atoms with Crippen molar-refractivity contribution in [2.24, 2.45) is 0 Å². The Labute approximate surface area is 102 Å². The highest BCUT2D eigenvalue weighted by Crippen LogP contribution is 2.27. The molecular formula is C16H17N. The summed E-state index contributed by atoms with van der Waals surface area (Å²) in [5.41, 5.74) is 5.66. The number of hydrogen-bond acceptors (Lipinski definition) is 1. The molecule has 2 aromatic carbocycles. The van der Waals surface area contributed by atoms with Gasteiger partial charge in [-0.3, -0.25) is 0 Å². The van der Waals surface area contributed by atoms with Gasteiger partial charge in [-0.05, 0) is 36.0 Å². The molecule has 0 unspecified atom stereocenters. The molecule has 2 aromatic rings. The van der Waals surface area contributed by atoms with Crippen molar-refractivity contribution in [2.45, 2.75) is 19.3 Å². The summed E-state index contributed by atoms with van der Waals surface area (Å²) in [6.45, 7) is 1.11. The summed E-state index contributed by atoms with van der Waals surface area (Å²) >= 11 is 0. The van der Waals surface area contributed by atoms with Gasteiger partial charge in [0.1, 0.15) is 0 Å². The van der Waals surface area contributed by atoms with E-state index in [1.54, 1.807) is 0 Å². The van der Waals surface area contributed by atoms with Crippen molar-refractivity contribution in [3.63, 3.8) is 0 Å². The number of para-hydroxylation sites is 1. The first kappa shape index (κ1) is 10.4. The Kier molecular flexibility index (Phi) is 2.83. The van der Waals surface area contributed by atoms with Crippen LogP contribution in [-0.4, -0.2) is 6.54 Å². The molecule has 1 heteroatoms. The first-order chi connectivity index (χ1) is 8.43. The van der Waals surface area contributed by atoms with Crippen LogP contribution in [0.1, 0.15) is 23.1 Å². The molecule has 0 bridgehead atoms. The molecule has 0 amide bonds. The second kappa shape index (κ2) is 4.62. The molecule has 0 saturated carbocycles. The molecule has 1 heterocycles. The highest BCUT2D eigenvalue weighted by atomic mass is 14.9. The third-order valence-corrected chi connectivity index (χ3v) is 3.40. The second-order valence-electron chi connectivity index (χ2n) is 4.64. The van der Waals surface area contributed by atoms with Crippen LogP contribution in [0.2, 0.25) is 0 Å². The minimum atomic E-state index is 1.02. The van der Waals surface area contributed by atoms with Crippen LogP contribution in [-0.2, 0) is 12.8 Å². The minimum Gasteiger partial charge on any atom is -0.385 e. The van der Waals surface area contributed by atoms with E-state index in [1.165, 1.54) is 35.2 Å². The Balaban J connectivity index is 1.93. The van der Waals surface area contributed by atoms with Crippen LogP contribution in [0.4, 0.5) is 5.69 Å². The molecule has 1 N–H and O–H groups in total. The van der Waals surface area contributed by atoms with E-state index in [0.29, 0.717) is 0 Å². The first-order valence-electron chi connectivity index (χ1n) is 6.32. The number of benzene rings is 2. The van der Waals surface area contributed by atoms with Crippen molar-refractivity contribution < 1.29 is 0 Å². The maximum Gasteiger partial charge on any atom is 0.0408 e. The molecule has 0 aromatic heterocycles. The Hall–Kier alpha value is -1.76. The van der Waals surface area contributed by atoms with E-state index in [0.717, 1.165) is 13.0 Å². The Morgan fingerprint density at radius 3 is 2.71 bits per heavy atom. The lowest BCUT2D eigenvalue weighted by atomic mass is 9.96. The molecule has 1 nitrogen and oxygen atoms in total. The molecule has 1 aliphatic rings. The van der Waals surface area contributed by atoms with Gasteiger partial charge in [0.25, 0.3) is 0 Å². The summed E-state index contributed by atoms with van der Waals surface area (Å²) < 4.78 is 0. The van der Waals surface area contributed by atoms with Gasteiger partial charge in [-0.2, -0.15) is 0 Å². The molecule has 0 atom stereocenters. The normalized spacial score (nSPS) is 13.9. The number of aryl methyl sites for hydroxylation is 1. The van der Waals surface area contributed by atoms with Crippen LogP contribution in [0.25, 0.3) is 0 Å². The zero-order valence-electron chi connectivity index (χ0n) is 9.95. The number of rotatable bonds is 2. The maximum absolute atomic E-state index is 3.55. The first-order valence-corrected chi connectivity index (χ1v) is 6.32. The quantitative estimate of drug-likeness (QED) is 0.819. The van der Waals surface area contributed by atoms with Crippen LogP contribution < -0.4 is 5.32 Å². The van der Waals surface area contributed by atoms with Gasteiger partial charge < -0.3 is 5.32 Å². The SMILES string of the molecule is c1ccc(Cc2cccc3c2NCCC3)cc1. The Morgan fingerprint density at radius 1 is 0.941 bits per heavy atom. The average molecular weight is 223 g/mol. The van der Waals surface area contributed by atoms with E-state index in [1.807, 2.05) is 0 Å². The van der Waals surface area contributed by atoms with Crippen molar-refractivity contribution in [2.75, 3.05) is 11.9 Å². The van der Waals surface area contributed by atoms with E-state index in [4.69, 9.17) is 0 Å². The molecule has 0 aliphatic carbocycles. The standard InChI is InChI=1S/C16H17N/c1-2-6-13(7-3-1)12-15-9-4-8-14-10-5-11-17-16(14)15/h1-4,6-9,17H,5,10-12H2. The highest BCUT2D eigenvalue weighted by molar-refractivity contribution is 5.60. The second-order valence-corrected chi connectivity index (χ2v) is 4.64. The summed E-state index contributed by atoms with van der Waals surface area (Å²) in [5.74, 6) is 0. The lowest BCUT2D eigenvalue weighted by Crippen LogP contribution is -2.13. The van der Waals surface area contributed by atoms with Gasteiger partial charge in [0, 0.05) is 12.2 Å². The van der Waals surface area contributed by atoms with Gasteiger partial charge in [0.2, 0.25) is 0 Å². The monoisotopic (exact) mass is 223 g/mol. The lowest BCUT2D eigenvalue weighted by Gasteiger charge is -2.21. The van der Waals surface area contributed by atoms with Gasteiger partial charge in [-0.1, -0.05) is 48.5 Å². The summed E-state index contributed by atoms with van der Waals surface area (Å²) in [7, 11) is 0. The third-order valence-electron chi connectivity index (χ3n) is 3.40. The fourth-order valence-electron chi connectivity index (χ4n) is 2.54. The topological polar surface area (TPSA) is 12.0 Å². The number of anilines is 1. The molecule has 17 heavy (non-hydrogen) atoms. The molecule has 86 valence electrons. The van der Waals surface area contributed by atoms with Crippen molar-refractivity contribution in [1.82, 2.24) is 0 Å². The van der Waals surface area contributed by atoms with Gasteiger partial charge in [0.05, 0.1) is 0 Å². The van der Waals surface area contributed by atoms with Gasteiger partial charge in [-0.25, -0.2) is 0 Å². The molecule has 1 aliphatic heterocycles. The number of fused-ring (bicyclic) bond motifs is 1. The van der Waals surface area contributed by atoms with E-state index in [2.05, 4.69) is 53.8 Å². The Bertz CT molecular complexity index is 502. The van der Waals surface area contributed by atoms with Crippen LogP contribution in [0.3, 0.4) is 0 Å². The smallest absolute Gasteiger partial charge is 0.0408 e. The highest BCUT2D eigenvalue weighted by Gasteiger charge is 2.11. The number of hydrogen-bond donors (Lipinski definition) is 1. The van der Waals surface area contributed by atoms with Crippen LogP contribution >= 0.6 is 0 Å². The fraction of sp³-hybridized carbons (Fsp3) is 0.250. The predicted octanol–water partition coefficient (Wildman–Crippen LogP) is 3.64. The lowest BCUT2D eigenvalue weighted by molar-refractivity contribution is 0.825. The molecule has 0 saturated heterocycles. The van der Waals surface area contributed by atoms with Crippen molar-refractivity contribution >= 4 is 5.69 Å². The van der Waals surface area contributed by atoms with Gasteiger partial charge in [-0.15, -0.1) is 0 Å². The summed E-state index contributed by atoms with van der Waals surface area (Å²) in [6.07, 6.45) is 3.49. The van der Waals surface area contributed by atoms with Crippen LogP contribution in [0, 0.1) is 0 Å². The summed E-state index contributed by atoms with van der Waals surface area (Å²) in [5, 5.41) is 3.55. The van der Waals surface area contributed by atoms with Crippen LogP contribution in [0.15, 0.2) is 48.5 Å². The summed E-state index contributed by atoms with van der Waals surface area (Å²) in [6, 6.07) is 17.4. The Morgan fingerprint density at radius 2 is 1.82 bits per heavy atom. The largest absolute Gasteiger partial charge is 0.385 e. The van der Waals surface area contributed by atoms with E-state index in [-0.39, 0.29) is 0 Å². The van der Waals surface area contributed by atoms with Gasteiger partial charge >= 0.3 is 0 Å². The minimum absolute atomic E-state index is 1.02. The van der Waals surface area contributed by atoms with Crippen molar-refractivity contribution in [3.05, 3.63) is 65.2 Å². The zero-order chi connectivity index (χ0) is 11.5. The molecule has 0 spiro atoms. The van der Waals surface area contributed by atoms with Crippen molar-refractivity contribution in [1.29, 1.82) is 0 Å². The molecule has 3 rings (SSSR count). The predicted molar refractivity (Wildman–Crippen MR) is 72.5 cm³/mol. The van der Waals surface area contributed by atoms with Crippen LogP contribution in [0.5, 0.6) is 0 Å². The maximum atomic E-state index is 3.55. The van der Waals surface area contributed by atoms with E-state index >= 15 is 0 Å². The fourth-order valence-corrected chi connectivity index (χ4v) is 2.54. The molecular weight excluding hydrogens is 206 g/mol. The van der Waals surface area contributed by atoms with E-state index in [9.17, 15) is 0 Å².